The van der Waals surface area contributed by atoms with Gasteiger partial charge in [-0.2, -0.15) is 0 Å². The second-order valence-electron chi connectivity index (χ2n) is 7.47. The lowest BCUT2D eigenvalue weighted by Crippen LogP contribution is -2.40. The molecule has 0 saturated carbocycles. The molecule has 144 valence electrons. The molecular weight excluding hydrogens is 352 g/mol. The molecule has 2 saturated heterocycles. The average Bonchev–Trinajstić information content (AvgIpc) is 3.05. The molecule has 0 bridgehead atoms. The molecule has 3 rings (SSSR count). The van der Waals surface area contributed by atoms with E-state index in [1.54, 1.807) is 11.2 Å². The minimum atomic E-state index is -3.20. The Morgan fingerprint density at radius 1 is 1.15 bits per heavy atom. The molecule has 1 aromatic rings. The maximum Gasteiger partial charge on any atom is 0.219 e. The van der Waals surface area contributed by atoms with Crippen LogP contribution in [0.2, 0.25) is 0 Å². The van der Waals surface area contributed by atoms with Gasteiger partial charge >= 0.3 is 0 Å². The molecule has 0 radical (unpaired) electrons. The van der Waals surface area contributed by atoms with Gasteiger partial charge in [0.25, 0.3) is 0 Å². The Hall–Kier alpha value is -1.60. The molecule has 0 aliphatic carbocycles. The summed E-state index contributed by atoms with van der Waals surface area (Å²) in [6.07, 6.45) is 3.15. The van der Waals surface area contributed by atoms with Crippen molar-refractivity contribution in [2.45, 2.75) is 19.8 Å². The molecule has 1 amide bonds. The van der Waals surface area contributed by atoms with Crippen LogP contribution in [0.15, 0.2) is 30.3 Å². The summed E-state index contributed by atoms with van der Waals surface area (Å²) in [6.45, 7) is 4.74. The number of carbonyl (C=O) groups is 1. The quantitative estimate of drug-likeness (QED) is 0.782. The van der Waals surface area contributed by atoms with Crippen molar-refractivity contribution in [1.82, 2.24) is 9.21 Å². The summed E-state index contributed by atoms with van der Waals surface area (Å²) < 4.78 is 31.6. The van der Waals surface area contributed by atoms with Gasteiger partial charge in [-0.25, -0.2) is 12.7 Å². The van der Waals surface area contributed by atoms with Crippen molar-refractivity contribution in [2.24, 2.45) is 17.8 Å². The van der Waals surface area contributed by atoms with E-state index in [4.69, 9.17) is 4.74 Å². The number of sulfonamides is 1. The number of benzene rings is 1. The van der Waals surface area contributed by atoms with Gasteiger partial charge in [0.1, 0.15) is 5.75 Å². The zero-order valence-electron chi connectivity index (χ0n) is 15.5. The Morgan fingerprint density at radius 3 is 2.38 bits per heavy atom. The number of rotatable bonds is 5. The first-order valence-electron chi connectivity index (χ1n) is 9.23. The van der Waals surface area contributed by atoms with Crippen LogP contribution >= 0.6 is 0 Å². The normalized spacial score (nSPS) is 25.4. The lowest BCUT2D eigenvalue weighted by Gasteiger charge is -2.36. The third-order valence-corrected chi connectivity index (χ3v) is 6.96. The first kappa shape index (κ1) is 19.2. The zero-order valence-corrected chi connectivity index (χ0v) is 16.3. The van der Waals surface area contributed by atoms with Crippen molar-refractivity contribution in [1.29, 1.82) is 0 Å². The Morgan fingerprint density at radius 2 is 1.81 bits per heavy atom. The van der Waals surface area contributed by atoms with Gasteiger partial charge in [0, 0.05) is 39.0 Å². The highest BCUT2D eigenvalue weighted by molar-refractivity contribution is 7.88. The standard InChI is InChI=1S/C19H28N2O4S/c1-15(22)20-10-8-16(9-11-20)19-13-21(26(2,23)24)12-17(19)14-25-18-6-4-3-5-7-18/h3-7,16-17,19H,8-14H2,1-2H3/t17-,19-/m0/s1. The first-order chi connectivity index (χ1) is 12.3. The fourth-order valence-electron chi connectivity index (χ4n) is 4.20. The number of carbonyl (C=O) groups excluding carboxylic acids is 1. The molecule has 2 aliphatic rings. The van der Waals surface area contributed by atoms with Crippen LogP contribution in [0, 0.1) is 17.8 Å². The van der Waals surface area contributed by atoms with E-state index < -0.39 is 10.0 Å². The monoisotopic (exact) mass is 380 g/mol. The van der Waals surface area contributed by atoms with Crippen LogP contribution in [-0.4, -0.2) is 62.6 Å². The third-order valence-electron chi connectivity index (χ3n) is 5.72. The van der Waals surface area contributed by atoms with E-state index >= 15 is 0 Å². The SMILES string of the molecule is CC(=O)N1CCC([C@@H]2CN(S(C)(=O)=O)C[C@H]2COc2ccccc2)CC1. The molecule has 0 N–H and O–H groups in total. The van der Waals surface area contributed by atoms with Gasteiger partial charge in [-0.1, -0.05) is 18.2 Å². The lowest BCUT2D eigenvalue weighted by atomic mass is 9.79. The minimum absolute atomic E-state index is 0.122. The second kappa shape index (κ2) is 7.96. The van der Waals surface area contributed by atoms with Crippen molar-refractivity contribution in [2.75, 3.05) is 39.0 Å². The van der Waals surface area contributed by atoms with Crippen molar-refractivity contribution in [3.63, 3.8) is 0 Å². The summed E-state index contributed by atoms with van der Waals surface area (Å²) >= 11 is 0. The van der Waals surface area contributed by atoms with Gasteiger partial charge in [-0.05, 0) is 36.8 Å². The van der Waals surface area contributed by atoms with Gasteiger partial charge < -0.3 is 9.64 Å². The zero-order chi connectivity index (χ0) is 18.7. The third kappa shape index (κ3) is 4.57. The number of amides is 1. The topological polar surface area (TPSA) is 66.9 Å². The van der Waals surface area contributed by atoms with E-state index in [-0.39, 0.29) is 17.7 Å². The summed E-state index contributed by atoms with van der Waals surface area (Å²) in [4.78, 5) is 13.4. The van der Waals surface area contributed by atoms with E-state index in [2.05, 4.69) is 0 Å². The Bertz CT molecular complexity index is 714. The molecule has 2 aliphatic heterocycles. The van der Waals surface area contributed by atoms with E-state index in [0.29, 0.717) is 25.6 Å². The molecule has 6 nitrogen and oxygen atoms in total. The molecular formula is C19H28N2O4S. The molecule has 0 spiro atoms. The first-order valence-corrected chi connectivity index (χ1v) is 11.1. The largest absolute Gasteiger partial charge is 0.493 e. The van der Waals surface area contributed by atoms with Crippen molar-refractivity contribution in [3.8, 4) is 5.75 Å². The molecule has 2 atom stereocenters. The van der Waals surface area contributed by atoms with Crippen LogP contribution in [0.3, 0.4) is 0 Å². The van der Waals surface area contributed by atoms with Crippen LogP contribution in [0.1, 0.15) is 19.8 Å². The summed E-state index contributed by atoms with van der Waals surface area (Å²) in [5.74, 6) is 1.83. The Balaban J connectivity index is 1.67. The Labute approximate surface area is 156 Å². The van der Waals surface area contributed by atoms with Gasteiger partial charge in [0.15, 0.2) is 0 Å². The summed E-state index contributed by atoms with van der Waals surface area (Å²) in [6, 6.07) is 9.65. The van der Waals surface area contributed by atoms with Crippen molar-refractivity contribution < 1.29 is 17.9 Å². The maximum absolute atomic E-state index is 12.1. The predicted octanol–water partition coefficient (Wildman–Crippen LogP) is 1.83. The van der Waals surface area contributed by atoms with Crippen molar-refractivity contribution in [3.05, 3.63) is 30.3 Å². The number of para-hydroxylation sites is 1. The predicted molar refractivity (Wildman–Crippen MR) is 100 cm³/mol. The van der Waals surface area contributed by atoms with Crippen LogP contribution in [0.5, 0.6) is 5.75 Å². The van der Waals surface area contributed by atoms with Crippen LogP contribution in [0.25, 0.3) is 0 Å². The highest BCUT2D eigenvalue weighted by Crippen LogP contribution is 2.37. The van der Waals surface area contributed by atoms with Gasteiger partial charge in [0.05, 0.1) is 12.9 Å². The molecule has 0 aromatic heterocycles. The smallest absolute Gasteiger partial charge is 0.219 e. The highest BCUT2D eigenvalue weighted by atomic mass is 32.2. The molecule has 26 heavy (non-hydrogen) atoms. The number of hydrogen-bond donors (Lipinski definition) is 0. The maximum atomic E-state index is 12.1. The van der Waals surface area contributed by atoms with E-state index in [1.807, 2.05) is 35.2 Å². The van der Waals surface area contributed by atoms with Gasteiger partial charge in [-0.3, -0.25) is 4.79 Å². The summed E-state index contributed by atoms with van der Waals surface area (Å²) in [5, 5.41) is 0. The van der Waals surface area contributed by atoms with Crippen molar-refractivity contribution >= 4 is 15.9 Å². The number of hydrogen-bond acceptors (Lipinski definition) is 4. The van der Waals surface area contributed by atoms with Crippen LogP contribution in [-0.2, 0) is 14.8 Å². The van der Waals surface area contributed by atoms with E-state index in [9.17, 15) is 13.2 Å². The molecule has 2 heterocycles. The molecule has 7 heteroatoms. The van der Waals surface area contributed by atoms with Crippen LogP contribution in [0.4, 0.5) is 0 Å². The summed E-state index contributed by atoms with van der Waals surface area (Å²) in [7, 11) is -3.20. The molecule has 2 fully saturated rings. The number of piperidine rings is 1. The number of nitrogens with zero attached hydrogens (tertiary/aromatic N) is 2. The number of ether oxygens (including phenoxy) is 1. The minimum Gasteiger partial charge on any atom is -0.493 e. The van der Waals surface area contributed by atoms with E-state index in [1.165, 1.54) is 6.26 Å². The second-order valence-corrected chi connectivity index (χ2v) is 9.45. The molecule has 1 aromatic carbocycles. The Kier molecular flexibility index (Phi) is 5.87. The lowest BCUT2D eigenvalue weighted by molar-refractivity contribution is -0.130. The van der Waals surface area contributed by atoms with Crippen LogP contribution < -0.4 is 4.74 Å². The number of likely N-dealkylation sites (tertiary alicyclic amines) is 1. The van der Waals surface area contributed by atoms with E-state index in [0.717, 1.165) is 31.7 Å². The molecule has 0 unspecified atom stereocenters. The highest BCUT2D eigenvalue weighted by Gasteiger charge is 2.42. The van der Waals surface area contributed by atoms with Gasteiger partial charge in [0.2, 0.25) is 15.9 Å². The fourth-order valence-corrected chi connectivity index (χ4v) is 5.10. The summed E-state index contributed by atoms with van der Waals surface area (Å²) in [5.41, 5.74) is 0. The van der Waals surface area contributed by atoms with Gasteiger partial charge in [-0.15, -0.1) is 0 Å². The fraction of sp³-hybridized carbons (Fsp3) is 0.632. The average molecular weight is 381 g/mol.